The lowest BCUT2D eigenvalue weighted by atomic mass is 10.2. The molecule has 3 rings (SSSR count). The molecule has 152 valence electrons. The summed E-state index contributed by atoms with van der Waals surface area (Å²) in [6.07, 6.45) is 5.42. The molecular formula is C20H22N4O3S2. The molecule has 1 aliphatic rings. The maximum atomic E-state index is 13.2. The van der Waals surface area contributed by atoms with Crippen molar-refractivity contribution in [3.05, 3.63) is 57.4 Å². The molecule has 9 heteroatoms. The number of carbonyl (C=O) groups excluding carboxylic acids is 1. The first-order valence-corrected chi connectivity index (χ1v) is 10.4. The van der Waals surface area contributed by atoms with E-state index in [0.29, 0.717) is 33.7 Å². The summed E-state index contributed by atoms with van der Waals surface area (Å²) in [7, 11) is 0. The molecule has 2 aromatic rings. The molecule has 2 aromatic heterocycles. The average Bonchev–Trinajstić information content (AvgIpc) is 2.97. The lowest BCUT2D eigenvalue weighted by molar-refractivity contribution is -0.121. The second-order valence-corrected chi connectivity index (χ2v) is 8.25. The summed E-state index contributed by atoms with van der Waals surface area (Å²) in [5.74, 6) is 0.0629. The molecule has 1 saturated heterocycles. The Morgan fingerprint density at radius 1 is 1.45 bits per heavy atom. The van der Waals surface area contributed by atoms with Crippen molar-refractivity contribution in [2.75, 3.05) is 18.5 Å². The Hall–Kier alpha value is -2.49. The molecule has 29 heavy (non-hydrogen) atoms. The molecule has 0 aliphatic carbocycles. The van der Waals surface area contributed by atoms with Crippen LogP contribution in [0.3, 0.4) is 0 Å². The second kappa shape index (κ2) is 8.89. The molecule has 0 radical (unpaired) electrons. The Kier molecular flexibility index (Phi) is 6.51. The van der Waals surface area contributed by atoms with Crippen molar-refractivity contribution >= 4 is 51.7 Å². The fourth-order valence-corrected chi connectivity index (χ4v) is 4.20. The SMILES string of the molecule is C=CCN1C(=O)/C(=C/c2c(N[C@@H](CC)CO)nc3c(C)cccn3c2=O)SC1=S. The largest absolute Gasteiger partial charge is 0.394 e. The minimum Gasteiger partial charge on any atom is -0.394 e. The van der Waals surface area contributed by atoms with Crippen LogP contribution in [0.5, 0.6) is 0 Å². The summed E-state index contributed by atoms with van der Waals surface area (Å²) in [5, 5.41) is 12.7. The smallest absolute Gasteiger partial charge is 0.267 e. The number of amides is 1. The summed E-state index contributed by atoms with van der Waals surface area (Å²) in [6.45, 7) is 7.64. The van der Waals surface area contributed by atoms with Crippen molar-refractivity contribution in [2.45, 2.75) is 26.3 Å². The van der Waals surface area contributed by atoms with Crippen LogP contribution in [0, 0.1) is 6.92 Å². The van der Waals surface area contributed by atoms with Crippen LogP contribution in [-0.4, -0.2) is 48.8 Å². The standard InChI is InChI=1S/C20H22N4O3S2/c1-4-8-24-19(27)15(29-20(24)28)10-14-16(21-13(5-2)11-25)22-17-12(3)7-6-9-23(17)18(14)26/h4,6-7,9-10,13,21,25H,1,5,8,11H2,2-3H3/b15-10-/t13-/m0/s1. The Morgan fingerprint density at radius 3 is 2.86 bits per heavy atom. The summed E-state index contributed by atoms with van der Waals surface area (Å²) < 4.78 is 1.87. The molecule has 3 heterocycles. The van der Waals surface area contributed by atoms with Gasteiger partial charge in [-0.3, -0.25) is 18.9 Å². The third-order valence-corrected chi connectivity index (χ3v) is 5.98. The maximum Gasteiger partial charge on any atom is 0.267 e. The van der Waals surface area contributed by atoms with Gasteiger partial charge in [-0.05, 0) is 31.1 Å². The number of anilines is 1. The zero-order valence-corrected chi connectivity index (χ0v) is 17.8. The molecule has 0 aromatic carbocycles. The Bertz CT molecular complexity index is 1070. The predicted molar refractivity (Wildman–Crippen MR) is 121 cm³/mol. The van der Waals surface area contributed by atoms with E-state index in [1.54, 1.807) is 18.3 Å². The molecule has 1 amide bonds. The van der Waals surface area contributed by atoms with E-state index in [1.807, 2.05) is 19.9 Å². The number of aliphatic hydroxyl groups is 1. The molecule has 1 aliphatic heterocycles. The highest BCUT2D eigenvalue weighted by atomic mass is 32.2. The topological polar surface area (TPSA) is 86.9 Å². The Balaban J connectivity index is 2.19. The first-order valence-electron chi connectivity index (χ1n) is 9.16. The number of aromatic nitrogens is 2. The zero-order chi connectivity index (χ0) is 21.1. The normalized spacial score (nSPS) is 16.7. The molecule has 0 bridgehead atoms. The van der Waals surface area contributed by atoms with Gasteiger partial charge in [0.15, 0.2) is 0 Å². The Labute approximate surface area is 178 Å². The number of aliphatic hydroxyl groups excluding tert-OH is 1. The Morgan fingerprint density at radius 2 is 2.21 bits per heavy atom. The predicted octanol–water partition coefficient (Wildman–Crippen LogP) is 2.57. The first-order chi connectivity index (χ1) is 13.9. The van der Waals surface area contributed by atoms with E-state index in [9.17, 15) is 14.7 Å². The van der Waals surface area contributed by atoms with Crippen molar-refractivity contribution in [3.63, 3.8) is 0 Å². The van der Waals surface area contributed by atoms with Gasteiger partial charge in [0.25, 0.3) is 11.5 Å². The fourth-order valence-electron chi connectivity index (χ4n) is 2.94. The molecular weight excluding hydrogens is 408 g/mol. The lowest BCUT2D eigenvalue weighted by Gasteiger charge is -2.17. The molecule has 0 saturated carbocycles. The van der Waals surface area contributed by atoms with Gasteiger partial charge in [-0.1, -0.05) is 43.0 Å². The highest BCUT2D eigenvalue weighted by Gasteiger charge is 2.32. The van der Waals surface area contributed by atoms with Gasteiger partial charge in [0.05, 0.1) is 23.1 Å². The highest BCUT2D eigenvalue weighted by molar-refractivity contribution is 8.26. The van der Waals surface area contributed by atoms with Gasteiger partial charge in [-0.2, -0.15) is 0 Å². The first kappa shape index (κ1) is 21.2. The number of hydrogen-bond donors (Lipinski definition) is 2. The third-order valence-electron chi connectivity index (χ3n) is 4.60. The van der Waals surface area contributed by atoms with E-state index >= 15 is 0 Å². The lowest BCUT2D eigenvalue weighted by Crippen LogP contribution is -2.29. The van der Waals surface area contributed by atoms with Gasteiger partial charge in [-0.25, -0.2) is 4.98 Å². The van der Waals surface area contributed by atoms with Gasteiger partial charge in [0, 0.05) is 12.7 Å². The van der Waals surface area contributed by atoms with Crippen LogP contribution in [0.1, 0.15) is 24.5 Å². The molecule has 0 unspecified atom stereocenters. The third kappa shape index (κ3) is 4.12. The van der Waals surface area contributed by atoms with Crippen molar-refractivity contribution < 1.29 is 9.90 Å². The van der Waals surface area contributed by atoms with E-state index in [1.165, 1.54) is 15.4 Å². The van der Waals surface area contributed by atoms with Gasteiger partial charge in [0.1, 0.15) is 15.8 Å². The van der Waals surface area contributed by atoms with Crippen LogP contribution in [0.25, 0.3) is 11.7 Å². The molecule has 7 nitrogen and oxygen atoms in total. The van der Waals surface area contributed by atoms with Crippen molar-refractivity contribution in [2.24, 2.45) is 0 Å². The number of nitrogens with one attached hydrogen (secondary N) is 1. The number of thioether (sulfide) groups is 1. The van der Waals surface area contributed by atoms with Crippen LogP contribution in [-0.2, 0) is 4.79 Å². The quantitative estimate of drug-likeness (QED) is 0.397. The minimum absolute atomic E-state index is 0.105. The van der Waals surface area contributed by atoms with Crippen molar-refractivity contribution in [1.29, 1.82) is 0 Å². The maximum absolute atomic E-state index is 13.2. The van der Waals surface area contributed by atoms with Gasteiger partial charge >= 0.3 is 0 Å². The number of nitrogens with zero attached hydrogens (tertiary/aromatic N) is 3. The van der Waals surface area contributed by atoms with Gasteiger partial charge in [-0.15, -0.1) is 6.58 Å². The van der Waals surface area contributed by atoms with Crippen LogP contribution < -0.4 is 10.9 Å². The van der Waals surface area contributed by atoms with E-state index in [-0.39, 0.29) is 29.7 Å². The fraction of sp³-hybridized carbons (Fsp3) is 0.300. The van der Waals surface area contributed by atoms with Crippen LogP contribution in [0.4, 0.5) is 5.82 Å². The number of thiocarbonyl (C=S) groups is 1. The van der Waals surface area contributed by atoms with E-state index in [0.717, 1.165) is 17.3 Å². The molecule has 1 atom stereocenters. The molecule has 1 fully saturated rings. The van der Waals surface area contributed by atoms with E-state index < -0.39 is 0 Å². The molecule has 0 spiro atoms. The minimum atomic E-state index is -0.303. The van der Waals surface area contributed by atoms with Crippen LogP contribution in [0.2, 0.25) is 0 Å². The zero-order valence-electron chi connectivity index (χ0n) is 16.2. The van der Waals surface area contributed by atoms with Crippen LogP contribution >= 0.6 is 24.0 Å². The van der Waals surface area contributed by atoms with Gasteiger partial charge in [0.2, 0.25) is 0 Å². The van der Waals surface area contributed by atoms with E-state index in [2.05, 4.69) is 16.9 Å². The number of hydrogen-bond acceptors (Lipinski definition) is 7. The van der Waals surface area contributed by atoms with E-state index in [4.69, 9.17) is 12.2 Å². The second-order valence-electron chi connectivity index (χ2n) is 6.58. The monoisotopic (exact) mass is 430 g/mol. The van der Waals surface area contributed by atoms with Crippen LogP contribution in [0.15, 0.2) is 40.7 Å². The van der Waals surface area contributed by atoms with Crippen molar-refractivity contribution in [1.82, 2.24) is 14.3 Å². The van der Waals surface area contributed by atoms with Crippen molar-refractivity contribution in [3.8, 4) is 0 Å². The summed E-state index contributed by atoms with van der Waals surface area (Å²) >= 11 is 6.42. The summed E-state index contributed by atoms with van der Waals surface area (Å²) in [5.41, 5.74) is 1.31. The number of carbonyl (C=O) groups is 1. The highest BCUT2D eigenvalue weighted by Crippen LogP contribution is 2.33. The van der Waals surface area contributed by atoms with Gasteiger partial charge < -0.3 is 10.4 Å². The number of rotatable bonds is 7. The summed E-state index contributed by atoms with van der Waals surface area (Å²) in [6, 6.07) is 3.37. The number of aryl methyl sites for hydroxylation is 1. The molecule has 2 N–H and O–H groups in total. The summed E-state index contributed by atoms with van der Waals surface area (Å²) in [4.78, 5) is 32.3. The number of fused-ring (bicyclic) bond motifs is 1. The number of pyridine rings is 1. The average molecular weight is 431 g/mol.